The van der Waals surface area contributed by atoms with Gasteiger partial charge >= 0.3 is 0 Å². The van der Waals surface area contributed by atoms with Crippen molar-refractivity contribution in [3.63, 3.8) is 0 Å². The molecular formula is C17H30N2O2. The summed E-state index contributed by atoms with van der Waals surface area (Å²) in [5.41, 5.74) is 0. The second-order valence-electron chi connectivity index (χ2n) is 5.81. The minimum Gasteiger partial charge on any atom is -0.342 e. The van der Waals surface area contributed by atoms with Crippen LogP contribution in [0, 0.1) is 0 Å². The van der Waals surface area contributed by atoms with Gasteiger partial charge in [0, 0.05) is 38.5 Å². The Hall–Kier alpha value is -1.32. The number of nitrogens with zero attached hydrogens (tertiary/aromatic N) is 2. The van der Waals surface area contributed by atoms with Gasteiger partial charge in [-0.1, -0.05) is 25.5 Å². The second-order valence-corrected chi connectivity index (χ2v) is 5.81. The Morgan fingerprint density at radius 3 is 2.81 bits per heavy atom. The summed E-state index contributed by atoms with van der Waals surface area (Å²) in [4.78, 5) is 28.2. The molecule has 1 saturated heterocycles. The molecular weight excluding hydrogens is 264 g/mol. The van der Waals surface area contributed by atoms with Crippen molar-refractivity contribution >= 4 is 11.8 Å². The molecule has 1 rings (SSSR count). The van der Waals surface area contributed by atoms with Gasteiger partial charge in [-0.05, 0) is 33.1 Å². The van der Waals surface area contributed by atoms with E-state index in [1.54, 1.807) is 0 Å². The van der Waals surface area contributed by atoms with Gasteiger partial charge in [-0.3, -0.25) is 9.59 Å². The van der Waals surface area contributed by atoms with Crippen LogP contribution in [0.3, 0.4) is 0 Å². The maximum Gasteiger partial charge on any atom is 0.224 e. The largest absolute Gasteiger partial charge is 0.342 e. The van der Waals surface area contributed by atoms with Gasteiger partial charge in [0.1, 0.15) is 0 Å². The Balaban J connectivity index is 2.53. The number of carbonyl (C=O) groups is 2. The van der Waals surface area contributed by atoms with Crippen LogP contribution in [-0.4, -0.2) is 47.3 Å². The molecule has 1 unspecified atom stereocenters. The van der Waals surface area contributed by atoms with Crippen LogP contribution in [0.1, 0.15) is 59.3 Å². The van der Waals surface area contributed by atoms with Crippen LogP contribution >= 0.6 is 0 Å². The fraction of sp³-hybridized carbons (Fsp3) is 0.765. The summed E-state index contributed by atoms with van der Waals surface area (Å²) < 4.78 is 0. The molecule has 1 heterocycles. The van der Waals surface area contributed by atoms with Crippen molar-refractivity contribution in [2.24, 2.45) is 0 Å². The normalized spacial score (nSPS) is 17.9. The Morgan fingerprint density at radius 2 is 2.14 bits per heavy atom. The summed E-state index contributed by atoms with van der Waals surface area (Å²) >= 11 is 0. The van der Waals surface area contributed by atoms with Crippen LogP contribution in [-0.2, 0) is 9.59 Å². The highest BCUT2D eigenvalue weighted by Gasteiger charge is 2.21. The number of rotatable bonds is 7. The van der Waals surface area contributed by atoms with Crippen molar-refractivity contribution in [1.29, 1.82) is 0 Å². The van der Waals surface area contributed by atoms with Crippen molar-refractivity contribution in [2.75, 3.05) is 19.6 Å². The number of hydrogen-bond acceptors (Lipinski definition) is 2. The molecule has 4 nitrogen and oxygen atoms in total. The van der Waals surface area contributed by atoms with Crippen LogP contribution in [0.25, 0.3) is 0 Å². The Morgan fingerprint density at radius 1 is 1.38 bits per heavy atom. The van der Waals surface area contributed by atoms with Crippen molar-refractivity contribution in [2.45, 2.75) is 65.3 Å². The molecule has 21 heavy (non-hydrogen) atoms. The van der Waals surface area contributed by atoms with Gasteiger partial charge < -0.3 is 9.80 Å². The van der Waals surface area contributed by atoms with E-state index in [9.17, 15) is 9.59 Å². The molecule has 0 aromatic heterocycles. The zero-order valence-electron chi connectivity index (χ0n) is 13.8. The lowest BCUT2D eigenvalue weighted by atomic mass is 10.2. The standard InChI is InChI=1S/C17H30N2O2/c1-4-6-13-19(15(3)5-2)17(21)11-14-18-12-9-7-8-10-16(18)20/h4,6,15H,5,7-14H2,1-3H3. The van der Waals surface area contributed by atoms with Gasteiger partial charge in [0.2, 0.25) is 11.8 Å². The third-order valence-corrected chi connectivity index (χ3v) is 4.25. The van der Waals surface area contributed by atoms with E-state index in [1.807, 2.05) is 28.9 Å². The molecule has 1 aliphatic rings. The Kier molecular flexibility index (Phi) is 8.09. The third kappa shape index (κ3) is 5.90. The molecule has 0 bridgehead atoms. The molecule has 0 aromatic carbocycles. The molecule has 1 atom stereocenters. The summed E-state index contributed by atoms with van der Waals surface area (Å²) in [5, 5.41) is 0. The molecule has 120 valence electrons. The zero-order valence-corrected chi connectivity index (χ0v) is 13.8. The quantitative estimate of drug-likeness (QED) is 0.677. The van der Waals surface area contributed by atoms with E-state index in [-0.39, 0.29) is 17.9 Å². The molecule has 0 aliphatic carbocycles. The topological polar surface area (TPSA) is 40.6 Å². The lowest BCUT2D eigenvalue weighted by Gasteiger charge is -2.29. The zero-order chi connectivity index (χ0) is 15.7. The van der Waals surface area contributed by atoms with E-state index in [2.05, 4.69) is 13.8 Å². The number of hydrogen-bond donors (Lipinski definition) is 0. The predicted octanol–water partition coefficient (Wildman–Crippen LogP) is 2.98. The molecule has 0 spiro atoms. The average Bonchev–Trinajstić information content (AvgIpc) is 2.69. The highest BCUT2D eigenvalue weighted by Crippen LogP contribution is 2.13. The molecule has 0 radical (unpaired) electrons. The van der Waals surface area contributed by atoms with Gasteiger partial charge in [-0.15, -0.1) is 0 Å². The molecule has 1 fully saturated rings. The van der Waals surface area contributed by atoms with Crippen LogP contribution in [0.5, 0.6) is 0 Å². The first-order chi connectivity index (χ1) is 10.1. The molecule has 1 aliphatic heterocycles. The van der Waals surface area contributed by atoms with E-state index in [1.165, 1.54) is 0 Å². The Labute approximate surface area is 129 Å². The SMILES string of the molecule is CC=CCN(C(=O)CCN1CCCCCC1=O)C(C)CC. The lowest BCUT2D eigenvalue weighted by Crippen LogP contribution is -2.41. The first-order valence-electron chi connectivity index (χ1n) is 8.28. The van der Waals surface area contributed by atoms with E-state index in [0.717, 1.165) is 32.2 Å². The molecule has 2 amide bonds. The number of likely N-dealkylation sites (tertiary alicyclic amines) is 1. The summed E-state index contributed by atoms with van der Waals surface area (Å²) in [6.07, 6.45) is 9.19. The highest BCUT2D eigenvalue weighted by molar-refractivity contribution is 5.79. The number of carbonyl (C=O) groups excluding carboxylic acids is 2. The third-order valence-electron chi connectivity index (χ3n) is 4.25. The lowest BCUT2D eigenvalue weighted by molar-refractivity contribution is -0.135. The maximum absolute atomic E-state index is 12.4. The second kappa shape index (κ2) is 9.59. The van der Waals surface area contributed by atoms with Crippen molar-refractivity contribution in [3.8, 4) is 0 Å². The minimum absolute atomic E-state index is 0.152. The fourth-order valence-electron chi connectivity index (χ4n) is 2.62. The monoisotopic (exact) mass is 294 g/mol. The maximum atomic E-state index is 12.4. The first-order valence-corrected chi connectivity index (χ1v) is 8.28. The number of amides is 2. The minimum atomic E-state index is 0.152. The molecule has 0 N–H and O–H groups in total. The fourth-order valence-corrected chi connectivity index (χ4v) is 2.62. The molecule has 0 aromatic rings. The molecule has 4 heteroatoms. The van der Waals surface area contributed by atoms with Crippen LogP contribution in [0.2, 0.25) is 0 Å². The smallest absolute Gasteiger partial charge is 0.224 e. The molecule has 0 saturated carbocycles. The van der Waals surface area contributed by atoms with Gasteiger partial charge in [-0.2, -0.15) is 0 Å². The van der Waals surface area contributed by atoms with Gasteiger partial charge in [0.25, 0.3) is 0 Å². The first kappa shape index (κ1) is 17.7. The predicted molar refractivity (Wildman–Crippen MR) is 85.9 cm³/mol. The summed E-state index contributed by atoms with van der Waals surface area (Å²) in [5.74, 6) is 0.364. The van der Waals surface area contributed by atoms with E-state index >= 15 is 0 Å². The van der Waals surface area contributed by atoms with Crippen molar-refractivity contribution < 1.29 is 9.59 Å². The van der Waals surface area contributed by atoms with Crippen molar-refractivity contribution in [1.82, 2.24) is 9.80 Å². The van der Waals surface area contributed by atoms with E-state index < -0.39 is 0 Å². The average molecular weight is 294 g/mol. The van der Waals surface area contributed by atoms with Gasteiger partial charge in [0.15, 0.2) is 0 Å². The number of allylic oxidation sites excluding steroid dienone is 1. The van der Waals surface area contributed by atoms with Crippen LogP contribution in [0.4, 0.5) is 0 Å². The Bertz CT molecular complexity index is 366. The van der Waals surface area contributed by atoms with E-state index in [0.29, 0.717) is 25.9 Å². The van der Waals surface area contributed by atoms with Gasteiger partial charge in [-0.25, -0.2) is 0 Å². The van der Waals surface area contributed by atoms with Crippen LogP contribution in [0.15, 0.2) is 12.2 Å². The highest BCUT2D eigenvalue weighted by atomic mass is 16.2. The summed E-state index contributed by atoms with van der Waals surface area (Å²) in [7, 11) is 0. The van der Waals surface area contributed by atoms with Crippen LogP contribution < -0.4 is 0 Å². The summed E-state index contributed by atoms with van der Waals surface area (Å²) in [6, 6.07) is 0.244. The van der Waals surface area contributed by atoms with E-state index in [4.69, 9.17) is 0 Å². The van der Waals surface area contributed by atoms with Crippen molar-refractivity contribution in [3.05, 3.63) is 12.2 Å². The van der Waals surface area contributed by atoms with Gasteiger partial charge in [0.05, 0.1) is 0 Å². The summed E-state index contributed by atoms with van der Waals surface area (Å²) in [6.45, 7) is 8.19.